The van der Waals surface area contributed by atoms with E-state index in [1.54, 1.807) is 0 Å². The lowest BCUT2D eigenvalue weighted by Gasteiger charge is -2.23. The summed E-state index contributed by atoms with van der Waals surface area (Å²) in [7, 11) is 2.10. The first-order valence-electron chi connectivity index (χ1n) is 9.95. The van der Waals surface area contributed by atoms with Gasteiger partial charge in [-0.1, -0.05) is 18.2 Å². The van der Waals surface area contributed by atoms with E-state index in [9.17, 15) is 4.79 Å². The van der Waals surface area contributed by atoms with Crippen molar-refractivity contribution < 1.29 is 0 Å². The maximum absolute atomic E-state index is 12.7. The summed E-state index contributed by atoms with van der Waals surface area (Å²) in [5.41, 5.74) is 10.4. The van der Waals surface area contributed by atoms with Gasteiger partial charge in [-0.3, -0.25) is 4.79 Å². The third kappa shape index (κ3) is 3.13. The molecule has 1 aliphatic rings. The third-order valence-electron chi connectivity index (χ3n) is 5.76. The topological polar surface area (TPSA) is 103 Å². The minimum Gasteiger partial charge on any atom is -0.397 e. The van der Waals surface area contributed by atoms with Gasteiger partial charge in [0.2, 0.25) is 0 Å². The van der Waals surface area contributed by atoms with Crippen LogP contribution >= 0.6 is 0 Å². The Morgan fingerprint density at radius 2 is 2.03 bits per heavy atom. The van der Waals surface area contributed by atoms with Crippen LogP contribution in [0.2, 0.25) is 0 Å². The van der Waals surface area contributed by atoms with Crippen LogP contribution in [-0.4, -0.2) is 41.1 Å². The Morgan fingerprint density at radius 3 is 2.86 bits per heavy atom. The van der Waals surface area contributed by atoms with Crippen LogP contribution < -0.4 is 21.5 Å². The zero-order chi connectivity index (χ0) is 20.0. The van der Waals surface area contributed by atoms with Crippen molar-refractivity contribution in [3.63, 3.8) is 0 Å². The minimum absolute atomic E-state index is 0.245. The van der Waals surface area contributed by atoms with E-state index in [1.165, 1.54) is 12.8 Å². The largest absolute Gasteiger partial charge is 0.397 e. The Kier molecular flexibility index (Phi) is 4.24. The first kappa shape index (κ1) is 17.8. The summed E-state index contributed by atoms with van der Waals surface area (Å²) in [6, 6.07) is 14.2. The van der Waals surface area contributed by atoms with Crippen molar-refractivity contribution in [3.8, 4) is 11.4 Å². The molecule has 29 heavy (non-hydrogen) atoms. The number of para-hydroxylation sites is 1. The molecule has 5 N–H and O–H groups in total. The highest BCUT2D eigenvalue weighted by Crippen LogP contribution is 2.29. The second-order valence-corrected chi connectivity index (χ2v) is 7.75. The molecule has 2 aromatic carbocycles. The molecule has 0 bridgehead atoms. The number of aromatic amines is 2. The van der Waals surface area contributed by atoms with E-state index in [-0.39, 0.29) is 5.56 Å². The van der Waals surface area contributed by atoms with E-state index < -0.39 is 0 Å². The van der Waals surface area contributed by atoms with Gasteiger partial charge in [-0.25, -0.2) is 4.98 Å². The molecule has 0 radical (unpaired) electrons. The Labute approximate surface area is 167 Å². The van der Waals surface area contributed by atoms with Gasteiger partial charge in [-0.2, -0.15) is 0 Å². The maximum Gasteiger partial charge on any atom is 0.261 e. The summed E-state index contributed by atoms with van der Waals surface area (Å²) < 4.78 is 0. The lowest BCUT2D eigenvalue weighted by Crippen LogP contribution is -2.35. The summed E-state index contributed by atoms with van der Waals surface area (Å²) in [4.78, 5) is 25.8. The van der Waals surface area contributed by atoms with Crippen molar-refractivity contribution >= 4 is 33.3 Å². The molecule has 4 aromatic rings. The van der Waals surface area contributed by atoms with Crippen LogP contribution in [0.1, 0.15) is 12.8 Å². The lowest BCUT2D eigenvalue weighted by atomic mass is 10.1. The molecule has 0 unspecified atom stereocenters. The van der Waals surface area contributed by atoms with Crippen molar-refractivity contribution in [1.82, 2.24) is 20.3 Å². The number of rotatable bonds is 4. The number of anilines is 2. The number of hydrogen-bond donors (Lipinski definition) is 4. The molecule has 148 valence electrons. The molecule has 0 saturated carbocycles. The number of aromatic nitrogens is 3. The van der Waals surface area contributed by atoms with E-state index >= 15 is 0 Å². The Morgan fingerprint density at radius 1 is 1.17 bits per heavy atom. The monoisotopic (exact) mass is 388 g/mol. The van der Waals surface area contributed by atoms with E-state index in [0.717, 1.165) is 40.7 Å². The number of nitrogens with one attached hydrogen (secondary N) is 3. The van der Waals surface area contributed by atoms with E-state index in [4.69, 9.17) is 5.73 Å². The molecule has 7 nitrogen and oxygen atoms in total. The van der Waals surface area contributed by atoms with Crippen molar-refractivity contribution in [2.75, 3.05) is 30.8 Å². The van der Waals surface area contributed by atoms with Crippen molar-refractivity contribution in [3.05, 3.63) is 52.8 Å². The fourth-order valence-electron chi connectivity index (χ4n) is 4.21. The van der Waals surface area contributed by atoms with Gasteiger partial charge in [-0.15, -0.1) is 0 Å². The third-order valence-corrected chi connectivity index (χ3v) is 5.76. The summed E-state index contributed by atoms with van der Waals surface area (Å²) in [5.74, 6) is 0.488. The molecule has 0 spiro atoms. The highest BCUT2D eigenvalue weighted by atomic mass is 16.1. The van der Waals surface area contributed by atoms with Gasteiger partial charge >= 0.3 is 0 Å². The first-order valence-corrected chi connectivity index (χ1v) is 9.95. The smallest absolute Gasteiger partial charge is 0.261 e. The van der Waals surface area contributed by atoms with Crippen LogP contribution in [0.4, 0.5) is 11.4 Å². The van der Waals surface area contributed by atoms with Gasteiger partial charge in [0.05, 0.1) is 22.2 Å². The number of fused-ring (bicyclic) bond motifs is 2. The molecule has 1 fully saturated rings. The molecule has 0 aliphatic carbocycles. The van der Waals surface area contributed by atoms with Crippen LogP contribution in [0.3, 0.4) is 0 Å². The van der Waals surface area contributed by atoms with Crippen molar-refractivity contribution in [2.24, 2.45) is 0 Å². The molecule has 0 amide bonds. The van der Waals surface area contributed by atoms with E-state index in [0.29, 0.717) is 23.1 Å². The summed E-state index contributed by atoms with van der Waals surface area (Å²) in [6.07, 6.45) is 2.45. The normalized spacial score (nSPS) is 16.7. The highest BCUT2D eigenvalue weighted by Gasteiger charge is 2.18. The molecular weight excluding hydrogens is 364 g/mol. The van der Waals surface area contributed by atoms with Gasteiger partial charge < -0.3 is 25.9 Å². The number of pyridine rings is 1. The van der Waals surface area contributed by atoms with Gasteiger partial charge in [0, 0.05) is 30.7 Å². The maximum atomic E-state index is 12.7. The Bertz CT molecular complexity index is 1250. The van der Waals surface area contributed by atoms with Crippen LogP contribution in [0.5, 0.6) is 0 Å². The number of likely N-dealkylation sites (N-methyl/N-ethyl adjacent to an activating group) is 1. The van der Waals surface area contributed by atoms with Crippen molar-refractivity contribution in [1.29, 1.82) is 0 Å². The van der Waals surface area contributed by atoms with Crippen LogP contribution in [-0.2, 0) is 0 Å². The predicted molar refractivity (Wildman–Crippen MR) is 118 cm³/mol. The van der Waals surface area contributed by atoms with Gasteiger partial charge in [0.15, 0.2) is 0 Å². The fraction of sp³-hybridized carbons (Fsp3) is 0.273. The van der Waals surface area contributed by atoms with E-state index in [2.05, 4.69) is 44.3 Å². The van der Waals surface area contributed by atoms with Crippen LogP contribution in [0.15, 0.2) is 47.3 Å². The summed E-state index contributed by atoms with van der Waals surface area (Å²) >= 11 is 0. The van der Waals surface area contributed by atoms with Gasteiger partial charge in [0.25, 0.3) is 5.56 Å². The fourth-order valence-corrected chi connectivity index (χ4v) is 4.21. The number of benzene rings is 2. The lowest BCUT2D eigenvalue weighted by molar-refractivity contribution is 0.600. The standard InChI is InChI=1S/C22H24N6O/c1-28(12-13-5-4-10-24-13)14-8-9-17-18(11-14)26-21(25-17)19-20(23)15-6-2-3-7-16(15)27-22(19)29/h2-3,6-9,11,13,24H,4-5,10,12H2,1H3,(H,25,26)(H3,23,27,29)/t13-/m1/s1. The summed E-state index contributed by atoms with van der Waals surface area (Å²) in [6.45, 7) is 2.06. The Balaban J connectivity index is 1.54. The molecule has 2 aromatic heterocycles. The minimum atomic E-state index is -0.245. The number of imidazole rings is 1. The molecule has 1 aliphatic heterocycles. The highest BCUT2D eigenvalue weighted by molar-refractivity contribution is 5.97. The van der Waals surface area contributed by atoms with E-state index in [1.807, 2.05) is 30.3 Å². The predicted octanol–water partition coefficient (Wildman–Crippen LogP) is 2.84. The molecular formula is C22H24N6O. The zero-order valence-electron chi connectivity index (χ0n) is 16.3. The van der Waals surface area contributed by atoms with Crippen LogP contribution in [0, 0.1) is 0 Å². The van der Waals surface area contributed by atoms with Gasteiger partial charge in [0.1, 0.15) is 11.4 Å². The second kappa shape index (κ2) is 6.93. The first-order chi connectivity index (χ1) is 14.1. The van der Waals surface area contributed by atoms with Gasteiger partial charge in [-0.05, 0) is 43.7 Å². The molecule has 1 saturated heterocycles. The second-order valence-electron chi connectivity index (χ2n) is 7.75. The van der Waals surface area contributed by atoms with Crippen molar-refractivity contribution in [2.45, 2.75) is 18.9 Å². The number of nitrogens with zero attached hydrogens (tertiary/aromatic N) is 2. The number of H-pyrrole nitrogens is 2. The number of nitrogens with two attached hydrogens (primary N) is 1. The Hall–Kier alpha value is -3.32. The molecule has 3 heterocycles. The molecule has 7 heteroatoms. The van der Waals surface area contributed by atoms with Crippen LogP contribution in [0.25, 0.3) is 33.3 Å². The average molecular weight is 388 g/mol. The number of hydrogen-bond acceptors (Lipinski definition) is 5. The SMILES string of the molecule is CN(C[C@H]1CCCN1)c1ccc2nc(-c3c(N)c4ccccc4[nH]c3=O)[nH]c2c1. The average Bonchev–Trinajstić information content (AvgIpc) is 3.36. The quantitative estimate of drug-likeness (QED) is 0.430. The zero-order valence-corrected chi connectivity index (χ0v) is 16.3. The molecule has 5 rings (SSSR count). The summed E-state index contributed by atoms with van der Waals surface area (Å²) in [5, 5.41) is 4.35. The molecule has 1 atom stereocenters. The number of nitrogen functional groups attached to an aromatic ring is 1.